The van der Waals surface area contributed by atoms with Gasteiger partial charge in [0.25, 0.3) is 0 Å². The smallest absolute Gasteiger partial charge is 0.213 e. The van der Waals surface area contributed by atoms with Crippen LogP contribution in [0, 0.1) is 5.82 Å². The molecule has 6 nitrogen and oxygen atoms in total. The highest BCUT2D eigenvalue weighted by atomic mass is 32.1. The Balaban J connectivity index is 1.39. The van der Waals surface area contributed by atoms with Gasteiger partial charge in [-0.05, 0) is 30.4 Å². The Morgan fingerprint density at radius 2 is 2.12 bits per heavy atom. The van der Waals surface area contributed by atoms with E-state index in [2.05, 4.69) is 24.8 Å². The number of thiocarbonyl (C=S) groups is 1. The molecule has 128 valence electrons. The summed E-state index contributed by atoms with van der Waals surface area (Å²) >= 11 is 5.45. The number of methoxy groups -OCH3 is 1. The highest BCUT2D eigenvalue weighted by molar-refractivity contribution is 7.80. The lowest BCUT2D eigenvalue weighted by atomic mass is 10.1. The lowest BCUT2D eigenvalue weighted by molar-refractivity contribution is 0.199. The Labute approximate surface area is 149 Å². The normalized spacial score (nSPS) is 14.4. The van der Waals surface area contributed by atoms with E-state index < -0.39 is 0 Å². The van der Waals surface area contributed by atoms with E-state index in [0.717, 1.165) is 24.3 Å². The summed E-state index contributed by atoms with van der Waals surface area (Å²) in [6.07, 6.45) is 3.44. The molecule has 1 saturated heterocycles. The summed E-state index contributed by atoms with van der Waals surface area (Å²) in [6, 6.07) is 8.59. The number of halogens is 1. The van der Waals surface area contributed by atoms with E-state index in [1.807, 2.05) is 6.07 Å². The fourth-order valence-corrected chi connectivity index (χ4v) is 3.14. The number of ether oxygens (including phenoxy) is 1. The summed E-state index contributed by atoms with van der Waals surface area (Å²) in [7, 11) is 1.58. The van der Waals surface area contributed by atoms with Gasteiger partial charge < -0.3 is 19.5 Å². The number of likely N-dealkylation sites (tertiary alicyclic amines) is 1. The van der Waals surface area contributed by atoms with Crippen molar-refractivity contribution in [2.45, 2.75) is 6.04 Å². The molecule has 0 unspecified atom stereocenters. The summed E-state index contributed by atoms with van der Waals surface area (Å²) in [6.45, 7) is 1.55. The number of nitrogens with one attached hydrogen (secondary N) is 1. The van der Waals surface area contributed by atoms with Crippen LogP contribution < -0.4 is 10.1 Å². The van der Waals surface area contributed by atoms with Gasteiger partial charge in [-0.3, -0.25) is 0 Å². The molecule has 0 bridgehead atoms. The van der Waals surface area contributed by atoms with Gasteiger partial charge in [0.1, 0.15) is 5.82 Å². The number of pyridine rings is 1. The topological polar surface area (TPSA) is 55.2 Å². The first-order valence-electron chi connectivity index (χ1n) is 7.82. The Hall–Kier alpha value is -2.74. The Bertz CT molecular complexity index is 920. The maximum Gasteiger partial charge on any atom is 0.213 e. The van der Waals surface area contributed by atoms with Crippen molar-refractivity contribution in [3.05, 3.63) is 48.7 Å². The number of hydrogen-bond acceptors (Lipinski definition) is 4. The van der Waals surface area contributed by atoms with Crippen LogP contribution in [0.4, 0.5) is 10.1 Å². The molecule has 0 atom stereocenters. The van der Waals surface area contributed by atoms with Crippen LogP contribution in [0.1, 0.15) is 6.04 Å². The molecule has 1 aromatic carbocycles. The van der Waals surface area contributed by atoms with Gasteiger partial charge in [-0.2, -0.15) is 0 Å². The van der Waals surface area contributed by atoms with E-state index in [-0.39, 0.29) is 11.9 Å². The molecular weight excluding hydrogens is 341 g/mol. The van der Waals surface area contributed by atoms with Crippen LogP contribution in [-0.4, -0.2) is 44.7 Å². The first kappa shape index (κ1) is 15.8. The number of fused-ring (bicyclic) bond motifs is 1. The van der Waals surface area contributed by atoms with E-state index >= 15 is 0 Å². The zero-order valence-corrected chi connectivity index (χ0v) is 14.3. The Kier molecular flexibility index (Phi) is 3.96. The second-order valence-electron chi connectivity index (χ2n) is 5.86. The fraction of sp³-hybridized carbons (Fsp3) is 0.235. The van der Waals surface area contributed by atoms with Crippen molar-refractivity contribution in [3.8, 4) is 5.88 Å². The van der Waals surface area contributed by atoms with Gasteiger partial charge in [0.2, 0.25) is 5.88 Å². The number of aromatic nitrogens is 3. The predicted molar refractivity (Wildman–Crippen MR) is 97.3 cm³/mol. The van der Waals surface area contributed by atoms with Crippen LogP contribution in [0.15, 0.2) is 42.9 Å². The minimum atomic E-state index is -0.272. The molecule has 25 heavy (non-hydrogen) atoms. The predicted octanol–water partition coefficient (Wildman–Crippen LogP) is 2.83. The standard InChI is InChI=1S/C17H16FN5OS/c1-24-16-5-3-12(7-19-16)21-17(25)22-8-13(9-22)23-10-20-14-6-11(18)2-4-15(14)23/h2-7,10,13H,8-9H2,1H3,(H,21,25). The average Bonchev–Trinajstić information content (AvgIpc) is 2.97. The van der Waals surface area contributed by atoms with Crippen molar-refractivity contribution < 1.29 is 9.13 Å². The van der Waals surface area contributed by atoms with Gasteiger partial charge in [0, 0.05) is 25.2 Å². The zero-order chi connectivity index (χ0) is 17.4. The van der Waals surface area contributed by atoms with Crippen LogP contribution in [0.5, 0.6) is 5.88 Å². The molecule has 0 amide bonds. The van der Waals surface area contributed by atoms with E-state index in [1.165, 1.54) is 12.1 Å². The molecule has 0 spiro atoms. The van der Waals surface area contributed by atoms with E-state index in [9.17, 15) is 4.39 Å². The van der Waals surface area contributed by atoms with Gasteiger partial charge in [-0.1, -0.05) is 0 Å². The molecule has 3 aromatic rings. The molecular formula is C17H16FN5OS. The molecule has 1 aliphatic heterocycles. The number of benzene rings is 1. The van der Waals surface area contributed by atoms with E-state index in [4.69, 9.17) is 17.0 Å². The summed E-state index contributed by atoms with van der Waals surface area (Å²) < 4.78 is 20.4. The molecule has 1 fully saturated rings. The molecule has 4 rings (SSSR count). The van der Waals surface area contributed by atoms with Crippen molar-refractivity contribution in [2.75, 3.05) is 25.5 Å². The van der Waals surface area contributed by atoms with Gasteiger partial charge in [0.05, 0.1) is 42.4 Å². The van der Waals surface area contributed by atoms with Crippen LogP contribution in [0.2, 0.25) is 0 Å². The SMILES string of the molecule is COc1ccc(NC(=S)N2CC(n3cnc4cc(F)ccc43)C2)cn1. The summed E-state index contributed by atoms with van der Waals surface area (Å²) in [4.78, 5) is 10.5. The number of anilines is 1. The molecule has 1 N–H and O–H groups in total. The van der Waals surface area contributed by atoms with E-state index in [1.54, 1.807) is 31.8 Å². The second kappa shape index (κ2) is 6.29. The van der Waals surface area contributed by atoms with Crippen LogP contribution in [0.25, 0.3) is 11.0 Å². The third-order valence-corrected chi connectivity index (χ3v) is 4.64. The van der Waals surface area contributed by atoms with Crippen LogP contribution in [0.3, 0.4) is 0 Å². The molecule has 3 heterocycles. The molecule has 2 aromatic heterocycles. The molecule has 0 aliphatic carbocycles. The molecule has 0 radical (unpaired) electrons. The Morgan fingerprint density at radius 1 is 1.28 bits per heavy atom. The van der Waals surface area contributed by atoms with Crippen molar-refractivity contribution in [1.82, 2.24) is 19.4 Å². The zero-order valence-electron chi connectivity index (χ0n) is 13.5. The molecule has 0 saturated carbocycles. The minimum Gasteiger partial charge on any atom is -0.481 e. The number of nitrogens with zero attached hydrogens (tertiary/aromatic N) is 4. The lowest BCUT2D eigenvalue weighted by Gasteiger charge is -2.41. The third kappa shape index (κ3) is 3.00. The summed E-state index contributed by atoms with van der Waals surface area (Å²) in [5, 5.41) is 3.82. The summed E-state index contributed by atoms with van der Waals surface area (Å²) in [5.74, 6) is 0.287. The summed E-state index contributed by atoms with van der Waals surface area (Å²) in [5.41, 5.74) is 2.42. The highest BCUT2D eigenvalue weighted by Crippen LogP contribution is 2.26. The van der Waals surface area contributed by atoms with Crippen molar-refractivity contribution >= 4 is 34.1 Å². The fourth-order valence-electron chi connectivity index (χ4n) is 2.87. The van der Waals surface area contributed by atoms with Gasteiger partial charge in [-0.25, -0.2) is 14.4 Å². The second-order valence-corrected chi connectivity index (χ2v) is 6.25. The van der Waals surface area contributed by atoms with Gasteiger partial charge >= 0.3 is 0 Å². The lowest BCUT2D eigenvalue weighted by Crippen LogP contribution is -2.52. The molecule has 1 aliphatic rings. The van der Waals surface area contributed by atoms with Crippen molar-refractivity contribution in [2.24, 2.45) is 0 Å². The maximum atomic E-state index is 13.3. The van der Waals surface area contributed by atoms with Gasteiger partial charge in [-0.15, -0.1) is 0 Å². The number of imidazole rings is 1. The third-order valence-electron chi connectivity index (χ3n) is 4.28. The van der Waals surface area contributed by atoms with Crippen molar-refractivity contribution in [1.29, 1.82) is 0 Å². The first-order valence-corrected chi connectivity index (χ1v) is 8.23. The van der Waals surface area contributed by atoms with Crippen LogP contribution >= 0.6 is 12.2 Å². The Morgan fingerprint density at radius 3 is 2.84 bits per heavy atom. The van der Waals surface area contributed by atoms with Gasteiger partial charge in [0.15, 0.2) is 5.11 Å². The maximum absolute atomic E-state index is 13.3. The number of hydrogen-bond donors (Lipinski definition) is 1. The first-order chi connectivity index (χ1) is 12.1. The van der Waals surface area contributed by atoms with Crippen LogP contribution in [-0.2, 0) is 0 Å². The monoisotopic (exact) mass is 357 g/mol. The molecule has 8 heteroatoms. The minimum absolute atomic E-state index is 0.268. The van der Waals surface area contributed by atoms with Crippen molar-refractivity contribution in [3.63, 3.8) is 0 Å². The highest BCUT2D eigenvalue weighted by Gasteiger charge is 2.30. The van der Waals surface area contributed by atoms with E-state index in [0.29, 0.717) is 16.5 Å². The quantitative estimate of drug-likeness (QED) is 0.728. The largest absolute Gasteiger partial charge is 0.481 e. The average molecular weight is 357 g/mol. The number of rotatable bonds is 3.